The lowest BCUT2D eigenvalue weighted by Gasteiger charge is -2.33. The third-order valence-corrected chi connectivity index (χ3v) is 7.30. The molecule has 1 aromatic heterocycles. The number of ether oxygens (including phenoxy) is 1. The zero-order chi connectivity index (χ0) is 21.8. The Balaban J connectivity index is 1.21. The Kier molecular flexibility index (Phi) is 4.46. The molecular weight excluding hydrogens is 398 g/mol. The van der Waals surface area contributed by atoms with E-state index in [4.69, 9.17) is 4.74 Å². The first-order chi connectivity index (χ1) is 15.6. The van der Waals surface area contributed by atoms with Crippen LogP contribution in [-0.2, 0) is 11.8 Å². The number of carbonyl (C=O) groups is 1. The summed E-state index contributed by atoms with van der Waals surface area (Å²) in [5.74, 6) is 0.0953. The standard InChI is InChI=1S/C27H27N3O2/c1-17-25(15-29(2)28-17)18-13-19-11-12-20(14-18)30(19)27(31)32-16-26-23-9-5-3-7-21(23)22-8-4-6-10-24(22)26/h3-10,13,15,19-20,26H,11-12,14,16H2,1-2H3. The van der Waals surface area contributed by atoms with E-state index in [0.717, 1.165) is 25.0 Å². The molecule has 32 heavy (non-hydrogen) atoms. The van der Waals surface area contributed by atoms with Gasteiger partial charge in [-0.05, 0) is 54.0 Å². The van der Waals surface area contributed by atoms with Crippen molar-refractivity contribution in [1.82, 2.24) is 14.7 Å². The van der Waals surface area contributed by atoms with Crippen LogP contribution in [0, 0.1) is 6.92 Å². The molecule has 0 saturated carbocycles. The van der Waals surface area contributed by atoms with Gasteiger partial charge >= 0.3 is 6.09 Å². The second-order valence-electron chi connectivity index (χ2n) is 9.21. The number of hydrogen-bond acceptors (Lipinski definition) is 3. The lowest BCUT2D eigenvalue weighted by atomic mass is 9.95. The Morgan fingerprint density at radius 2 is 1.72 bits per heavy atom. The van der Waals surface area contributed by atoms with Crippen LogP contribution in [-0.4, -0.2) is 39.5 Å². The number of amides is 1. The maximum Gasteiger partial charge on any atom is 0.410 e. The van der Waals surface area contributed by atoms with Crippen molar-refractivity contribution in [3.63, 3.8) is 0 Å². The van der Waals surface area contributed by atoms with E-state index in [9.17, 15) is 4.79 Å². The van der Waals surface area contributed by atoms with E-state index in [2.05, 4.69) is 72.8 Å². The smallest absolute Gasteiger partial charge is 0.410 e. The molecule has 3 heterocycles. The molecule has 1 aliphatic carbocycles. The van der Waals surface area contributed by atoms with Gasteiger partial charge in [-0.25, -0.2) is 4.79 Å². The Morgan fingerprint density at radius 1 is 1.03 bits per heavy atom. The zero-order valence-electron chi connectivity index (χ0n) is 18.5. The van der Waals surface area contributed by atoms with Gasteiger partial charge in [0, 0.05) is 30.8 Å². The summed E-state index contributed by atoms with van der Waals surface area (Å²) in [4.78, 5) is 15.2. The largest absolute Gasteiger partial charge is 0.448 e. The highest BCUT2D eigenvalue weighted by Crippen LogP contribution is 2.45. The van der Waals surface area contributed by atoms with Crippen LogP contribution in [0.15, 0.2) is 60.8 Å². The quantitative estimate of drug-likeness (QED) is 0.572. The van der Waals surface area contributed by atoms with Crippen LogP contribution >= 0.6 is 0 Å². The van der Waals surface area contributed by atoms with Gasteiger partial charge in [-0.1, -0.05) is 54.6 Å². The van der Waals surface area contributed by atoms with Crippen LogP contribution in [0.2, 0.25) is 0 Å². The number of aryl methyl sites for hydroxylation is 2. The summed E-state index contributed by atoms with van der Waals surface area (Å²) >= 11 is 0. The summed E-state index contributed by atoms with van der Waals surface area (Å²) in [7, 11) is 1.96. The molecule has 0 N–H and O–H groups in total. The molecule has 2 bridgehead atoms. The van der Waals surface area contributed by atoms with E-state index < -0.39 is 0 Å². The van der Waals surface area contributed by atoms with Gasteiger partial charge in [-0.2, -0.15) is 5.10 Å². The Bertz CT molecular complexity index is 1200. The molecule has 1 fully saturated rings. The molecule has 3 aliphatic rings. The minimum atomic E-state index is -0.183. The minimum Gasteiger partial charge on any atom is -0.448 e. The summed E-state index contributed by atoms with van der Waals surface area (Å²) in [5, 5.41) is 4.49. The van der Waals surface area contributed by atoms with Crippen molar-refractivity contribution in [2.45, 2.75) is 44.2 Å². The number of rotatable bonds is 3. The molecule has 3 aromatic rings. The normalized spacial score (nSPS) is 21.3. The molecule has 0 spiro atoms. The second kappa shape index (κ2) is 7.37. The van der Waals surface area contributed by atoms with Crippen molar-refractivity contribution in [2.24, 2.45) is 7.05 Å². The first kappa shape index (κ1) is 19.4. The number of nitrogens with zero attached hydrogens (tertiary/aromatic N) is 3. The van der Waals surface area contributed by atoms with E-state index in [1.54, 1.807) is 0 Å². The SMILES string of the molecule is Cc1nn(C)cc1C1=CC2CCC(C1)N2C(=O)OCC1c2ccccc2-c2ccccc21. The van der Waals surface area contributed by atoms with Gasteiger partial charge < -0.3 is 4.74 Å². The molecule has 5 heteroatoms. The number of fused-ring (bicyclic) bond motifs is 5. The first-order valence-corrected chi connectivity index (χ1v) is 11.4. The Hall–Kier alpha value is -3.34. The highest BCUT2D eigenvalue weighted by molar-refractivity contribution is 5.79. The molecule has 2 aromatic carbocycles. The lowest BCUT2D eigenvalue weighted by molar-refractivity contribution is 0.0866. The Morgan fingerprint density at radius 3 is 2.34 bits per heavy atom. The number of hydrogen-bond donors (Lipinski definition) is 0. The van der Waals surface area contributed by atoms with Gasteiger partial charge in [-0.3, -0.25) is 9.58 Å². The number of benzene rings is 2. The average molecular weight is 426 g/mol. The average Bonchev–Trinajstić information content (AvgIpc) is 3.40. The van der Waals surface area contributed by atoms with Crippen molar-refractivity contribution in [2.75, 3.05) is 6.61 Å². The fourth-order valence-electron chi connectivity index (χ4n) is 5.90. The molecule has 162 valence electrons. The second-order valence-corrected chi connectivity index (χ2v) is 9.21. The van der Waals surface area contributed by atoms with Crippen molar-refractivity contribution in [3.05, 3.63) is 83.2 Å². The third kappa shape index (κ3) is 2.99. The highest BCUT2D eigenvalue weighted by Gasteiger charge is 2.41. The third-order valence-electron chi connectivity index (χ3n) is 7.30. The van der Waals surface area contributed by atoms with E-state index in [-0.39, 0.29) is 24.1 Å². The van der Waals surface area contributed by atoms with E-state index in [1.807, 2.05) is 16.6 Å². The van der Waals surface area contributed by atoms with Gasteiger partial charge in [-0.15, -0.1) is 0 Å². The predicted octanol–water partition coefficient (Wildman–Crippen LogP) is 5.30. The number of aromatic nitrogens is 2. The zero-order valence-corrected chi connectivity index (χ0v) is 18.5. The van der Waals surface area contributed by atoms with Gasteiger partial charge in [0.1, 0.15) is 6.61 Å². The van der Waals surface area contributed by atoms with Crippen LogP contribution in [0.4, 0.5) is 4.79 Å². The van der Waals surface area contributed by atoms with E-state index in [0.29, 0.717) is 6.61 Å². The van der Waals surface area contributed by atoms with Crippen molar-refractivity contribution in [3.8, 4) is 11.1 Å². The van der Waals surface area contributed by atoms with Gasteiger partial charge in [0.25, 0.3) is 0 Å². The van der Waals surface area contributed by atoms with Gasteiger partial charge in [0.15, 0.2) is 0 Å². The predicted molar refractivity (Wildman–Crippen MR) is 124 cm³/mol. The molecule has 2 atom stereocenters. The summed E-state index contributed by atoms with van der Waals surface area (Å²) in [5.41, 5.74) is 8.56. The van der Waals surface area contributed by atoms with Crippen molar-refractivity contribution >= 4 is 11.7 Å². The van der Waals surface area contributed by atoms with E-state index in [1.165, 1.54) is 33.4 Å². The fraction of sp³-hybridized carbons (Fsp3) is 0.333. The fourth-order valence-corrected chi connectivity index (χ4v) is 5.90. The molecule has 2 unspecified atom stereocenters. The maximum absolute atomic E-state index is 13.2. The van der Waals surface area contributed by atoms with Gasteiger partial charge in [0.2, 0.25) is 0 Å². The maximum atomic E-state index is 13.2. The van der Waals surface area contributed by atoms with Crippen molar-refractivity contribution in [1.29, 1.82) is 0 Å². The summed E-state index contributed by atoms with van der Waals surface area (Å²) in [6.07, 6.45) is 7.05. The summed E-state index contributed by atoms with van der Waals surface area (Å²) in [6.45, 7) is 2.43. The molecule has 2 aliphatic heterocycles. The van der Waals surface area contributed by atoms with Gasteiger partial charge in [0.05, 0.1) is 11.7 Å². The van der Waals surface area contributed by atoms with Crippen LogP contribution in [0.1, 0.15) is 47.6 Å². The van der Waals surface area contributed by atoms with Crippen LogP contribution < -0.4 is 0 Å². The molecule has 0 radical (unpaired) electrons. The minimum absolute atomic E-state index is 0.0953. The molecule has 6 rings (SSSR count). The highest BCUT2D eigenvalue weighted by atomic mass is 16.6. The summed E-state index contributed by atoms with van der Waals surface area (Å²) in [6, 6.07) is 17.2. The Labute approximate surface area is 188 Å². The molecule has 1 amide bonds. The van der Waals surface area contributed by atoms with Crippen LogP contribution in [0.5, 0.6) is 0 Å². The van der Waals surface area contributed by atoms with Crippen molar-refractivity contribution < 1.29 is 9.53 Å². The van der Waals surface area contributed by atoms with Crippen LogP contribution in [0.3, 0.4) is 0 Å². The molecule has 5 nitrogen and oxygen atoms in total. The van der Waals surface area contributed by atoms with Crippen LogP contribution in [0.25, 0.3) is 16.7 Å². The monoisotopic (exact) mass is 425 g/mol. The summed E-state index contributed by atoms with van der Waals surface area (Å²) < 4.78 is 7.84. The molecular formula is C27H27N3O2. The van der Waals surface area contributed by atoms with E-state index >= 15 is 0 Å². The number of carbonyl (C=O) groups excluding carboxylic acids is 1. The topological polar surface area (TPSA) is 47.4 Å². The molecule has 1 saturated heterocycles. The first-order valence-electron chi connectivity index (χ1n) is 11.4. The lowest BCUT2D eigenvalue weighted by Crippen LogP contribution is -2.43.